The molecule has 0 bridgehead atoms. The van der Waals surface area contributed by atoms with Crippen LogP contribution in [0.4, 0.5) is 17.3 Å². The topological polar surface area (TPSA) is 24.1 Å². The zero-order valence-electron chi connectivity index (χ0n) is 24.4. The molecule has 7 rings (SSSR count). The smallest absolute Gasteiger partial charge is 0.290 e. The molecule has 42 heavy (non-hydrogen) atoms. The highest BCUT2D eigenvalue weighted by atomic mass is 16.3. The predicted molar refractivity (Wildman–Crippen MR) is 171 cm³/mol. The summed E-state index contributed by atoms with van der Waals surface area (Å²) in [6.45, 7) is 4.33. The van der Waals surface area contributed by atoms with Gasteiger partial charge in [0.15, 0.2) is 0 Å². The molecule has 204 valence electrons. The van der Waals surface area contributed by atoms with Crippen LogP contribution in [0, 0.1) is 13.8 Å². The summed E-state index contributed by atoms with van der Waals surface area (Å²) in [5.41, 5.74) is 9.92. The first-order valence-corrected chi connectivity index (χ1v) is 14.3. The zero-order valence-corrected chi connectivity index (χ0v) is 24.4. The SMILES string of the molecule is Cc1ccccc1-c1cccc(N(c2ccccc2)c2cccc(-c3c(C)ccc4c3oc3ccccc34)[n+]2C)[n+]1C. The number of furan rings is 1. The molecule has 7 aromatic rings. The second-order valence-electron chi connectivity index (χ2n) is 10.9. The van der Waals surface area contributed by atoms with Gasteiger partial charge in [0, 0.05) is 28.5 Å². The van der Waals surface area contributed by atoms with Crippen molar-refractivity contribution in [2.75, 3.05) is 4.90 Å². The molecular formula is C38H33N3O+2. The van der Waals surface area contributed by atoms with Crippen LogP contribution in [0.1, 0.15) is 11.1 Å². The number of rotatable bonds is 5. The van der Waals surface area contributed by atoms with Crippen LogP contribution in [0.3, 0.4) is 0 Å². The molecule has 0 aliphatic carbocycles. The molecule has 0 fully saturated rings. The summed E-state index contributed by atoms with van der Waals surface area (Å²) in [5, 5.41) is 2.27. The van der Waals surface area contributed by atoms with Gasteiger partial charge in [-0.2, -0.15) is 4.90 Å². The summed E-state index contributed by atoms with van der Waals surface area (Å²) < 4.78 is 11.1. The van der Waals surface area contributed by atoms with Gasteiger partial charge in [-0.15, -0.1) is 0 Å². The van der Waals surface area contributed by atoms with E-state index >= 15 is 0 Å². The fourth-order valence-corrected chi connectivity index (χ4v) is 6.14. The maximum Gasteiger partial charge on any atom is 0.290 e. The lowest BCUT2D eigenvalue weighted by molar-refractivity contribution is -0.656. The molecule has 3 aromatic heterocycles. The number of hydrogen-bond donors (Lipinski definition) is 0. The molecule has 0 amide bonds. The standard InChI is InChI=1S/C38H33N3O/c1-26-14-8-9-17-29(26)32-19-12-22-35(39(32)3)41(28-15-6-5-7-16-28)36-23-13-20-33(40(36)4)37-27(2)24-25-31-30-18-10-11-21-34(30)42-38(31)37/h5-25H,1-4H3/q+2. The Kier molecular flexibility index (Phi) is 6.32. The molecule has 0 spiro atoms. The molecule has 0 saturated heterocycles. The molecule has 3 heterocycles. The van der Waals surface area contributed by atoms with Crippen LogP contribution in [-0.2, 0) is 14.1 Å². The minimum atomic E-state index is 0.907. The van der Waals surface area contributed by atoms with E-state index in [-0.39, 0.29) is 0 Å². The van der Waals surface area contributed by atoms with Gasteiger partial charge in [-0.1, -0.05) is 72.8 Å². The Labute approximate surface area is 246 Å². The molecular weight excluding hydrogens is 514 g/mol. The summed E-state index contributed by atoms with van der Waals surface area (Å²) >= 11 is 0. The van der Waals surface area contributed by atoms with E-state index in [4.69, 9.17) is 4.42 Å². The highest BCUT2D eigenvalue weighted by molar-refractivity contribution is 6.09. The lowest BCUT2D eigenvalue weighted by atomic mass is 10.0. The number of anilines is 3. The van der Waals surface area contributed by atoms with Crippen LogP contribution in [0.2, 0.25) is 0 Å². The van der Waals surface area contributed by atoms with E-state index < -0.39 is 0 Å². The summed E-state index contributed by atoms with van der Waals surface area (Å²) in [7, 11) is 4.29. The van der Waals surface area contributed by atoms with Gasteiger partial charge in [0.05, 0.1) is 19.7 Å². The van der Waals surface area contributed by atoms with Crippen LogP contribution in [0.25, 0.3) is 44.5 Å². The zero-order chi connectivity index (χ0) is 28.8. The number of hydrogen-bond acceptors (Lipinski definition) is 2. The number of nitrogens with zero attached hydrogens (tertiary/aromatic N) is 3. The first-order chi connectivity index (χ1) is 20.5. The van der Waals surface area contributed by atoms with Crippen molar-refractivity contribution in [3.05, 3.63) is 139 Å². The summed E-state index contributed by atoms with van der Waals surface area (Å²) in [6, 6.07) is 44.8. The minimum absolute atomic E-state index is 0.907. The van der Waals surface area contributed by atoms with Crippen LogP contribution in [0.15, 0.2) is 132 Å². The molecule has 4 heteroatoms. The van der Waals surface area contributed by atoms with Gasteiger partial charge in [-0.05, 0) is 67.4 Å². The quantitative estimate of drug-likeness (QED) is 0.201. The van der Waals surface area contributed by atoms with Crippen molar-refractivity contribution in [2.24, 2.45) is 14.1 Å². The Morgan fingerprint density at radius 3 is 1.93 bits per heavy atom. The molecule has 0 aliphatic rings. The summed E-state index contributed by atoms with van der Waals surface area (Å²) in [5.74, 6) is 2.11. The third-order valence-electron chi connectivity index (χ3n) is 8.31. The second kappa shape index (κ2) is 10.3. The van der Waals surface area contributed by atoms with E-state index in [2.05, 4.69) is 157 Å². The third-order valence-corrected chi connectivity index (χ3v) is 8.31. The Balaban J connectivity index is 1.47. The van der Waals surface area contributed by atoms with E-state index in [1.54, 1.807) is 0 Å². The molecule has 4 nitrogen and oxygen atoms in total. The molecule has 0 aliphatic heterocycles. The van der Waals surface area contributed by atoms with Gasteiger partial charge in [0.1, 0.15) is 28.2 Å². The van der Waals surface area contributed by atoms with Crippen LogP contribution < -0.4 is 14.0 Å². The highest BCUT2D eigenvalue weighted by Gasteiger charge is 2.31. The van der Waals surface area contributed by atoms with Gasteiger partial charge in [0.2, 0.25) is 0 Å². The number of aromatic nitrogens is 2. The highest BCUT2D eigenvalue weighted by Crippen LogP contribution is 2.38. The Bertz CT molecular complexity index is 2090. The molecule has 0 unspecified atom stereocenters. The van der Waals surface area contributed by atoms with Crippen molar-refractivity contribution in [1.82, 2.24) is 0 Å². The van der Waals surface area contributed by atoms with E-state index in [1.807, 2.05) is 12.1 Å². The first kappa shape index (κ1) is 25.7. The Morgan fingerprint density at radius 1 is 0.524 bits per heavy atom. The Hall–Kier alpha value is -5.22. The molecule has 0 saturated carbocycles. The van der Waals surface area contributed by atoms with E-state index in [0.29, 0.717) is 0 Å². The van der Waals surface area contributed by atoms with Gasteiger partial charge in [0.25, 0.3) is 11.6 Å². The van der Waals surface area contributed by atoms with E-state index in [1.165, 1.54) is 16.7 Å². The average molecular weight is 548 g/mol. The van der Waals surface area contributed by atoms with Crippen molar-refractivity contribution in [3.63, 3.8) is 0 Å². The number of benzene rings is 4. The lowest BCUT2D eigenvalue weighted by Gasteiger charge is -2.21. The predicted octanol–water partition coefficient (Wildman–Crippen LogP) is 8.66. The summed E-state index contributed by atoms with van der Waals surface area (Å²) in [6.07, 6.45) is 0. The molecule has 0 N–H and O–H groups in total. The van der Waals surface area contributed by atoms with Gasteiger partial charge in [-0.3, -0.25) is 0 Å². The van der Waals surface area contributed by atoms with Gasteiger partial charge < -0.3 is 4.42 Å². The van der Waals surface area contributed by atoms with Crippen molar-refractivity contribution >= 4 is 39.3 Å². The normalized spacial score (nSPS) is 11.3. The minimum Gasteiger partial charge on any atom is -0.455 e. The van der Waals surface area contributed by atoms with Gasteiger partial charge >= 0.3 is 0 Å². The van der Waals surface area contributed by atoms with Crippen LogP contribution in [-0.4, -0.2) is 0 Å². The number of pyridine rings is 2. The molecule has 0 atom stereocenters. The maximum absolute atomic E-state index is 6.51. The Morgan fingerprint density at radius 2 is 1.17 bits per heavy atom. The maximum atomic E-state index is 6.51. The van der Waals surface area contributed by atoms with Gasteiger partial charge in [-0.25, -0.2) is 9.13 Å². The van der Waals surface area contributed by atoms with Crippen molar-refractivity contribution < 1.29 is 13.6 Å². The van der Waals surface area contributed by atoms with Crippen molar-refractivity contribution in [3.8, 4) is 22.5 Å². The third kappa shape index (κ3) is 4.15. The summed E-state index contributed by atoms with van der Waals surface area (Å²) in [4.78, 5) is 2.33. The number of para-hydroxylation sites is 2. The van der Waals surface area contributed by atoms with Crippen LogP contribution >= 0.6 is 0 Å². The lowest BCUT2D eigenvalue weighted by Crippen LogP contribution is -2.43. The number of fused-ring (bicyclic) bond motifs is 3. The molecule has 0 radical (unpaired) electrons. The van der Waals surface area contributed by atoms with Crippen molar-refractivity contribution in [2.45, 2.75) is 13.8 Å². The fraction of sp³-hybridized carbons (Fsp3) is 0.105. The molecule has 4 aromatic carbocycles. The van der Waals surface area contributed by atoms with Crippen LogP contribution in [0.5, 0.6) is 0 Å². The first-order valence-electron chi connectivity index (χ1n) is 14.3. The number of aryl methyl sites for hydroxylation is 2. The monoisotopic (exact) mass is 547 g/mol. The largest absolute Gasteiger partial charge is 0.455 e. The van der Waals surface area contributed by atoms with Crippen molar-refractivity contribution in [1.29, 1.82) is 0 Å². The van der Waals surface area contributed by atoms with E-state index in [9.17, 15) is 0 Å². The van der Waals surface area contributed by atoms with E-state index in [0.717, 1.165) is 56.2 Å². The fourth-order valence-electron chi connectivity index (χ4n) is 6.14. The average Bonchev–Trinajstić information content (AvgIpc) is 3.39. The second-order valence-corrected chi connectivity index (χ2v) is 10.9.